The Bertz CT molecular complexity index is 1100. The summed E-state index contributed by atoms with van der Waals surface area (Å²) in [5, 5.41) is 3.54. The van der Waals surface area contributed by atoms with Crippen molar-refractivity contribution in [3.63, 3.8) is 0 Å². The molecule has 2 heterocycles. The number of aryl methyl sites for hydroxylation is 2. The number of rotatable bonds is 7. The Morgan fingerprint density at radius 1 is 1.14 bits per heavy atom. The monoisotopic (exact) mass is 420 g/mol. The summed E-state index contributed by atoms with van der Waals surface area (Å²) in [6.45, 7) is 5.91. The Morgan fingerprint density at radius 2 is 1.93 bits per heavy atom. The molecule has 8 nitrogen and oxygen atoms in total. The third-order valence-corrected chi connectivity index (χ3v) is 6.14. The number of aromatic nitrogens is 4. The largest absolute Gasteiger partial charge is 0.369 e. The molecule has 28 heavy (non-hydrogen) atoms. The summed E-state index contributed by atoms with van der Waals surface area (Å²) in [5.41, 5.74) is 0.524. The molecule has 0 fully saturated rings. The maximum Gasteiger partial charge on any atom is 0.240 e. The summed E-state index contributed by atoms with van der Waals surface area (Å²) in [6, 6.07) is 6.60. The van der Waals surface area contributed by atoms with Crippen LogP contribution in [0.5, 0.6) is 0 Å². The molecule has 0 atom stereocenters. The first kappa shape index (κ1) is 20.2. The van der Waals surface area contributed by atoms with Gasteiger partial charge in [0.25, 0.3) is 0 Å². The summed E-state index contributed by atoms with van der Waals surface area (Å²) in [6.07, 6.45) is 3.52. The van der Waals surface area contributed by atoms with Gasteiger partial charge in [-0.2, -0.15) is 0 Å². The third kappa shape index (κ3) is 4.49. The molecule has 0 saturated heterocycles. The van der Waals surface area contributed by atoms with Crippen molar-refractivity contribution in [2.75, 3.05) is 18.4 Å². The van der Waals surface area contributed by atoms with Crippen molar-refractivity contribution >= 4 is 27.4 Å². The van der Waals surface area contributed by atoms with Crippen LogP contribution in [0.1, 0.15) is 17.2 Å². The fourth-order valence-electron chi connectivity index (χ4n) is 2.72. The number of sulfonamides is 1. The van der Waals surface area contributed by atoms with Gasteiger partial charge < -0.3 is 5.32 Å². The number of hydrogen-bond acceptors (Lipinski definition) is 6. The zero-order valence-corrected chi connectivity index (χ0v) is 17.3. The van der Waals surface area contributed by atoms with E-state index in [1.165, 1.54) is 6.07 Å². The summed E-state index contributed by atoms with van der Waals surface area (Å²) in [5.74, 6) is 2.71. The first-order valence-electron chi connectivity index (χ1n) is 8.62. The number of halogens is 1. The molecule has 3 aromatic rings. The molecular weight excluding hydrogens is 400 g/mol. The lowest BCUT2D eigenvalue weighted by Gasteiger charge is -2.12. The van der Waals surface area contributed by atoms with Gasteiger partial charge in [0.05, 0.1) is 4.90 Å². The highest BCUT2D eigenvalue weighted by atomic mass is 35.5. The zero-order chi connectivity index (χ0) is 20.3. The van der Waals surface area contributed by atoms with E-state index < -0.39 is 10.0 Å². The molecule has 0 amide bonds. The summed E-state index contributed by atoms with van der Waals surface area (Å²) in [4.78, 5) is 13.1. The predicted octanol–water partition coefficient (Wildman–Crippen LogP) is 2.63. The van der Waals surface area contributed by atoms with Gasteiger partial charge in [-0.1, -0.05) is 17.7 Å². The lowest BCUT2D eigenvalue weighted by atomic mass is 10.2. The molecule has 0 radical (unpaired) electrons. The molecule has 0 aliphatic rings. The van der Waals surface area contributed by atoms with Crippen LogP contribution in [0.3, 0.4) is 0 Å². The van der Waals surface area contributed by atoms with Crippen molar-refractivity contribution in [2.24, 2.45) is 0 Å². The molecular formula is C18H21ClN6O2S. The molecule has 148 valence electrons. The minimum absolute atomic E-state index is 0.177. The van der Waals surface area contributed by atoms with Crippen LogP contribution in [0.4, 0.5) is 5.82 Å². The normalized spacial score (nSPS) is 11.6. The van der Waals surface area contributed by atoms with E-state index in [9.17, 15) is 8.42 Å². The first-order valence-corrected chi connectivity index (χ1v) is 10.5. The van der Waals surface area contributed by atoms with E-state index in [4.69, 9.17) is 11.6 Å². The van der Waals surface area contributed by atoms with Crippen LogP contribution >= 0.6 is 11.6 Å². The minimum atomic E-state index is -3.64. The second-order valence-corrected chi connectivity index (χ2v) is 8.33. The molecule has 3 rings (SSSR count). The second kappa shape index (κ2) is 8.26. The van der Waals surface area contributed by atoms with E-state index >= 15 is 0 Å². The molecule has 10 heteroatoms. The number of benzene rings is 1. The topological polar surface area (TPSA) is 102 Å². The molecule has 0 spiro atoms. The average Bonchev–Trinajstić information content (AvgIpc) is 3.06. The number of hydrogen-bond donors (Lipinski definition) is 2. The smallest absolute Gasteiger partial charge is 0.240 e. The number of nitrogens with one attached hydrogen (secondary N) is 2. The number of imidazole rings is 1. The second-order valence-electron chi connectivity index (χ2n) is 6.19. The fourth-order valence-corrected chi connectivity index (χ4v) is 4.25. The van der Waals surface area contributed by atoms with Gasteiger partial charge in [0.1, 0.15) is 23.3 Å². The van der Waals surface area contributed by atoms with Crippen molar-refractivity contribution in [1.82, 2.24) is 24.2 Å². The van der Waals surface area contributed by atoms with Crippen LogP contribution in [0.25, 0.3) is 5.82 Å². The van der Waals surface area contributed by atoms with Gasteiger partial charge in [-0.25, -0.2) is 28.1 Å². The summed E-state index contributed by atoms with van der Waals surface area (Å²) < 4.78 is 29.4. The van der Waals surface area contributed by atoms with E-state index in [0.717, 1.165) is 5.82 Å². The molecule has 0 unspecified atom stereocenters. The highest BCUT2D eigenvalue weighted by molar-refractivity contribution is 7.89. The van der Waals surface area contributed by atoms with E-state index in [-0.39, 0.29) is 11.4 Å². The van der Waals surface area contributed by atoms with E-state index in [0.29, 0.717) is 34.6 Å². The van der Waals surface area contributed by atoms with Crippen LogP contribution in [-0.4, -0.2) is 41.0 Å². The third-order valence-electron chi connectivity index (χ3n) is 4.13. The highest BCUT2D eigenvalue weighted by Crippen LogP contribution is 2.22. The highest BCUT2D eigenvalue weighted by Gasteiger charge is 2.17. The minimum Gasteiger partial charge on any atom is -0.369 e. The van der Waals surface area contributed by atoms with Gasteiger partial charge in [-0.3, -0.25) is 4.57 Å². The lowest BCUT2D eigenvalue weighted by Crippen LogP contribution is -2.29. The Hall–Kier alpha value is -2.49. The fraction of sp³-hybridized carbons (Fsp3) is 0.278. The quantitative estimate of drug-likeness (QED) is 0.570. The van der Waals surface area contributed by atoms with Crippen LogP contribution in [0, 0.1) is 20.8 Å². The van der Waals surface area contributed by atoms with Gasteiger partial charge in [0.15, 0.2) is 0 Å². The average molecular weight is 421 g/mol. The van der Waals surface area contributed by atoms with Gasteiger partial charge in [0.2, 0.25) is 10.0 Å². The van der Waals surface area contributed by atoms with Gasteiger partial charge in [-0.15, -0.1) is 0 Å². The van der Waals surface area contributed by atoms with Gasteiger partial charge in [-0.05, 0) is 38.5 Å². The Kier molecular flexibility index (Phi) is 5.97. The number of nitrogens with zero attached hydrogens (tertiary/aromatic N) is 4. The maximum absolute atomic E-state index is 12.5. The molecule has 0 aliphatic carbocycles. The van der Waals surface area contributed by atoms with Crippen molar-refractivity contribution in [3.05, 3.63) is 58.9 Å². The number of anilines is 1. The van der Waals surface area contributed by atoms with Crippen molar-refractivity contribution in [3.8, 4) is 5.82 Å². The van der Waals surface area contributed by atoms with Crippen molar-refractivity contribution in [1.29, 1.82) is 0 Å². The van der Waals surface area contributed by atoms with E-state index in [1.54, 1.807) is 38.2 Å². The summed E-state index contributed by atoms with van der Waals surface area (Å²) in [7, 11) is -3.64. The first-order chi connectivity index (χ1) is 13.3. The maximum atomic E-state index is 12.5. The van der Waals surface area contributed by atoms with Crippen LogP contribution in [-0.2, 0) is 10.0 Å². The van der Waals surface area contributed by atoms with Crippen LogP contribution < -0.4 is 10.0 Å². The molecule has 2 N–H and O–H groups in total. The van der Waals surface area contributed by atoms with Gasteiger partial charge >= 0.3 is 0 Å². The van der Waals surface area contributed by atoms with Crippen LogP contribution in [0.2, 0.25) is 5.02 Å². The van der Waals surface area contributed by atoms with E-state index in [2.05, 4.69) is 25.0 Å². The Labute approximate surface area is 169 Å². The molecule has 0 aliphatic heterocycles. The molecule has 2 aromatic heterocycles. The van der Waals surface area contributed by atoms with Crippen LogP contribution in [0.15, 0.2) is 41.6 Å². The zero-order valence-electron chi connectivity index (χ0n) is 15.8. The Morgan fingerprint density at radius 3 is 2.64 bits per heavy atom. The SMILES string of the molecule is Cc1nc(NCCNS(=O)(=O)c2cccc(Cl)c2C)cc(-n2ccnc2C)n1. The van der Waals surface area contributed by atoms with Crippen molar-refractivity contribution in [2.45, 2.75) is 25.7 Å². The van der Waals surface area contributed by atoms with Crippen molar-refractivity contribution < 1.29 is 8.42 Å². The Balaban J connectivity index is 1.65. The molecule has 0 bridgehead atoms. The molecule has 1 aromatic carbocycles. The lowest BCUT2D eigenvalue weighted by molar-refractivity contribution is 0.582. The standard InChI is InChI=1S/C18H21ClN6O2S/c1-12-15(19)5-4-6-16(12)28(26,27)22-8-7-21-17-11-18(24-13(2)23-17)25-10-9-20-14(25)3/h4-6,9-11,22H,7-8H2,1-3H3,(H,21,23,24). The molecule has 0 saturated carbocycles. The predicted molar refractivity (Wildman–Crippen MR) is 108 cm³/mol. The van der Waals surface area contributed by atoms with Gasteiger partial charge in [0, 0.05) is 36.6 Å². The summed E-state index contributed by atoms with van der Waals surface area (Å²) >= 11 is 6.02. The van der Waals surface area contributed by atoms with E-state index in [1.807, 2.05) is 17.7 Å².